The maximum atomic E-state index is 11.9. The molecular weight excluding hydrogens is 395 g/mol. The second-order valence-electron chi connectivity index (χ2n) is 4.51. The molecule has 1 aliphatic heterocycles. The van der Waals surface area contributed by atoms with E-state index in [0.29, 0.717) is 4.43 Å². The van der Waals surface area contributed by atoms with E-state index in [1.54, 1.807) is 0 Å². The summed E-state index contributed by atoms with van der Waals surface area (Å²) in [6.45, 7) is 1.30. The lowest BCUT2D eigenvalue weighted by Gasteiger charge is -2.22. The summed E-state index contributed by atoms with van der Waals surface area (Å²) in [6, 6.07) is 1.22. The molecule has 0 aromatic carbocycles. The number of nitrogens with one attached hydrogen (secondary N) is 1. The van der Waals surface area contributed by atoms with Crippen molar-refractivity contribution in [1.29, 1.82) is 0 Å². The van der Waals surface area contributed by atoms with Crippen molar-refractivity contribution in [2.24, 2.45) is 0 Å². The van der Waals surface area contributed by atoms with E-state index in [1.807, 2.05) is 0 Å². The summed E-state index contributed by atoms with van der Waals surface area (Å²) in [5.41, 5.74) is -1.10. The maximum absolute atomic E-state index is 11.9. The van der Waals surface area contributed by atoms with E-state index < -0.39 is 41.8 Å². The summed E-state index contributed by atoms with van der Waals surface area (Å²) >= 11 is 2.10. The number of alkyl halides is 1. The zero-order valence-electron chi connectivity index (χ0n) is 11.4. The van der Waals surface area contributed by atoms with Crippen molar-refractivity contribution < 1.29 is 19.0 Å². The number of nitrogens with zero attached hydrogens (tertiary/aromatic N) is 1. The SMILES string of the molecule is COC1C(OC(C)=O)[C@@H](CI)O[C@H]1n1ccc(=O)[nH]c1=O. The van der Waals surface area contributed by atoms with E-state index in [9.17, 15) is 14.4 Å². The minimum absolute atomic E-state index is 0.400. The summed E-state index contributed by atoms with van der Waals surface area (Å²) < 4.78 is 18.2. The van der Waals surface area contributed by atoms with Gasteiger partial charge in [0.2, 0.25) is 0 Å². The number of carbonyl (C=O) groups is 1. The number of ether oxygens (including phenoxy) is 3. The van der Waals surface area contributed by atoms with Crippen LogP contribution in [0.15, 0.2) is 21.9 Å². The Balaban J connectivity index is 2.37. The molecule has 0 radical (unpaired) electrons. The lowest BCUT2D eigenvalue weighted by molar-refractivity contribution is -0.153. The van der Waals surface area contributed by atoms with Gasteiger partial charge in [0.15, 0.2) is 12.3 Å². The maximum Gasteiger partial charge on any atom is 0.330 e. The molecule has 1 fully saturated rings. The first-order chi connectivity index (χ1) is 9.97. The molecule has 0 bridgehead atoms. The Kier molecular flexibility index (Phi) is 5.17. The van der Waals surface area contributed by atoms with Crippen LogP contribution in [0.25, 0.3) is 0 Å². The van der Waals surface area contributed by atoms with Crippen molar-refractivity contribution in [3.63, 3.8) is 0 Å². The topological polar surface area (TPSA) is 99.6 Å². The van der Waals surface area contributed by atoms with Crippen LogP contribution in [0.3, 0.4) is 0 Å². The molecule has 1 aromatic heterocycles. The first-order valence-corrected chi connectivity index (χ1v) is 7.73. The fourth-order valence-electron chi connectivity index (χ4n) is 2.27. The van der Waals surface area contributed by atoms with Crippen LogP contribution in [0.2, 0.25) is 0 Å². The molecule has 4 atom stereocenters. The summed E-state index contributed by atoms with van der Waals surface area (Å²) in [5, 5.41) is 0. The van der Waals surface area contributed by atoms with Crippen LogP contribution in [0.4, 0.5) is 0 Å². The van der Waals surface area contributed by atoms with Crippen molar-refractivity contribution >= 4 is 28.6 Å². The lowest BCUT2D eigenvalue weighted by Crippen LogP contribution is -2.40. The summed E-state index contributed by atoms with van der Waals surface area (Å²) in [4.78, 5) is 36.4. The number of carbonyl (C=O) groups excluding carboxylic acids is 1. The van der Waals surface area contributed by atoms with Gasteiger partial charge in [-0.2, -0.15) is 0 Å². The van der Waals surface area contributed by atoms with E-state index in [1.165, 1.54) is 30.9 Å². The molecule has 0 aliphatic carbocycles. The number of rotatable bonds is 4. The molecule has 2 rings (SSSR count). The highest BCUT2D eigenvalue weighted by atomic mass is 127. The minimum atomic E-state index is -0.775. The number of H-pyrrole nitrogens is 1. The molecule has 0 amide bonds. The van der Waals surface area contributed by atoms with Crippen molar-refractivity contribution in [3.05, 3.63) is 33.1 Å². The monoisotopic (exact) mass is 410 g/mol. The van der Waals surface area contributed by atoms with Crippen LogP contribution < -0.4 is 11.2 Å². The number of methoxy groups -OCH3 is 1. The molecule has 2 heterocycles. The van der Waals surface area contributed by atoms with E-state index in [4.69, 9.17) is 14.2 Å². The van der Waals surface area contributed by atoms with Gasteiger partial charge in [-0.25, -0.2) is 4.79 Å². The second-order valence-corrected chi connectivity index (χ2v) is 5.39. The lowest BCUT2D eigenvalue weighted by atomic mass is 10.1. The van der Waals surface area contributed by atoms with Crippen LogP contribution in [0.5, 0.6) is 0 Å². The van der Waals surface area contributed by atoms with Crippen molar-refractivity contribution in [3.8, 4) is 0 Å². The smallest absolute Gasteiger partial charge is 0.330 e. The van der Waals surface area contributed by atoms with E-state index >= 15 is 0 Å². The number of hydrogen-bond donors (Lipinski definition) is 1. The quantitative estimate of drug-likeness (QED) is 0.420. The zero-order chi connectivity index (χ0) is 15.6. The average Bonchev–Trinajstić information content (AvgIpc) is 2.75. The van der Waals surface area contributed by atoms with Gasteiger partial charge in [0.25, 0.3) is 5.56 Å². The van der Waals surface area contributed by atoms with Gasteiger partial charge in [-0.05, 0) is 0 Å². The summed E-state index contributed by atoms with van der Waals surface area (Å²) in [5.74, 6) is -0.449. The van der Waals surface area contributed by atoms with Crippen LogP contribution in [0, 0.1) is 0 Å². The Morgan fingerprint density at radius 2 is 2.19 bits per heavy atom. The predicted molar refractivity (Wildman–Crippen MR) is 80.5 cm³/mol. The Bertz CT molecular complexity index is 627. The van der Waals surface area contributed by atoms with Gasteiger partial charge >= 0.3 is 11.7 Å². The Hall–Kier alpha value is -1.20. The van der Waals surface area contributed by atoms with E-state index in [0.717, 1.165) is 0 Å². The molecule has 9 heteroatoms. The molecule has 116 valence electrons. The summed E-state index contributed by atoms with van der Waals surface area (Å²) in [6.07, 6.45) is -1.10. The van der Waals surface area contributed by atoms with Gasteiger partial charge in [-0.3, -0.25) is 19.1 Å². The Morgan fingerprint density at radius 3 is 2.71 bits per heavy atom. The number of hydrogen-bond acceptors (Lipinski definition) is 6. The normalized spacial score (nSPS) is 28.5. The molecule has 1 N–H and O–H groups in total. The zero-order valence-corrected chi connectivity index (χ0v) is 13.6. The largest absolute Gasteiger partial charge is 0.457 e. The molecule has 1 aromatic rings. The van der Waals surface area contributed by atoms with Crippen molar-refractivity contribution in [2.75, 3.05) is 11.5 Å². The van der Waals surface area contributed by atoms with Crippen LogP contribution in [0.1, 0.15) is 13.2 Å². The van der Waals surface area contributed by atoms with Gasteiger partial charge in [-0.15, -0.1) is 0 Å². The number of aromatic amines is 1. The Labute approximate surface area is 133 Å². The van der Waals surface area contributed by atoms with Gasteiger partial charge in [0.05, 0.1) is 0 Å². The molecule has 0 saturated carbocycles. The standard InChI is InChI=1S/C12H15IN2O6/c1-6(16)20-9-7(5-13)21-11(10(9)19-2)15-4-3-8(17)14-12(15)18/h3-4,7,9-11H,5H2,1-2H3,(H,14,17,18)/t7-,9?,10?,11-/m1/s1. The Morgan fingerprint density at radius 1 is 1.48 bits per heavy atom. The number of aromatic nitrogens is 2. The number of halogens is 1. The molecule has 0 spiro atoms. The second kappa shape index (κ2) is 6.71. The molecule has 8 nitrogen and oxygen atoms in total. The fourth-order valence-corrected chi connectivity index (χ4v) is 2.98. The molecule has 21 heavy (non-hydrogen) atoms. The fraction of sp³-hybridized carbons (Fsp3) is 0.583. The third-order valence-electron chi connectivity index (χ3n) is 3.14. The van der Waals surface area contributed by atoms with Gasteiger partial charge in [0, 0.05) is 30.7 Å². The number of esters is 1. The van der Waals surface area contributed by atoms with Gasteiger partial charge < -0.3 is 14.2 Å². The third-order valence-corrected chi connectivity index (χ3v) is 4.01. The first-order valence-electron chi connectivity index (χ1n) is 6.21. The summed E-state index contributed by atoms with van der Waals surface area (Å²) in [7, 11) is 1.45. The van der Waals surface area contributed by atoms with Crippen LogP contribution in [-0.4, -0.2) is 45.4 Å². The molecule has 1 saturated heterocycles. The average molecular weight is 410 g/mol. The highest BCUT2D eigenvalue weighted by molar-refractivity contribution is 14.1. The van der Waals surface area contributed by atoms with E-state index in [-0.39, 0.29) is 0 Å². The third kappa shape index (κ3) is 3.35. The van der Waals surface area contributed by atoms with Crippen LogP contribution in [-0.2, 0) is 19.0 Å². The van der Waals surface area contributed by atoms with Gasteiger partial charge in [0.1, 0.15) is 12.2 Å². The van der Waals surface area contributed by atoms with Gasteiger partial charge in [-0.1, -0.05) is 22.6 Å². The highest BCUT2D eigenvalue weighted by Crippen LogP contribution is 2.33. The van der Waals surface area contributed by atoms with Crippen LogP contribution >= 0.6 is 22.6 Å². The van der Waals surface area contributed by atoms with E-state index in [2.05, 4.69) is 27.6 Å². The van der Waals surface area contributed by atoms with Crippen molar-refractivity contribution in [1.82, 2.24) is 9.55 Å². The minimum Gasteiger partial charge on any atom is -0.457 e. The predicted octanol–water partition coefficient (Wildman–Crippen LogP) is -0.184. The highest BCUT2D eigenvalue weighted by Gasteiger charge is 2.47. The van der Waals surface area contributed by atoms with Crippen molar-refractivity contribution in [2.45, 2.75) is 31.5 Å². The molecule has 2 unspecified atom stereocenters. The molecule has 1 aliphatic rings. The molecular formula is C12H15IN2O6. The first kappa shape index (κ1) is 16.2.